The van der Waals surface area contributed by atoms with Gasteiger partial charge in [-0.3, -0.25) is 4.79 Å². The number of hydrogen-bond acceptors (Lipinski definition) is 6. The highest BCUT2D eigenvalue weighted by atomic mass is 16.5. The SMILES string of the molecule is C=C/C=C(/Nc1cc(Oc2cccc(C(=O)NCc3ccc4nccn4c3)c2C)ccn1)N(C)C.[HH].[HH]. The molecule has 1 amide bonds. The Morgan fingerprint density at radius 1 is 1.20 bits per heavy atom. The van der Waals surface area contributed by atoms with E-state index in [-0.39, 0.29) is 8.76 Å². The number of fused-ring (bicyclic) bond motifs is 1. The maximum atomic E-state index is 12.9. The van der Waals surface area contributed by atoms with Crippen LogP contribution >= 0.6 is 0 Å². The third kappa shape index (κ3) is 5.67. The number of nitrogens with zero attached hydrogens (tertiary/aromatic N) is 4. The van der Waals surface area contributed by atoms with Crippen LogP contribution in [0.1, 0.15) is 24.3 Å². The number of allylic oxidation sites excluding steroid dienone is 2. The standard InChI is InChI=1S/C27H28N6O2.2H2/c1-5-7-26(32(3)4)31-24-16-21(12-13-28-24)35-23-9-6-8-22(19(23)2)27(34)30-17-20-10-11-25-29-14-15-33(25)18-20;;/h5-16,18H,1,17H2,2-4H3,(H,28,31)(H,30,34);2*1H/b26-7-;;. The van der Waals surface area contributed by atoms with E-state index in [1.165, 1.54) is 0 Å². The van der Waals surface area contributed by atoms with Crippen LogP contribution in [0.15, 0.2) is 91.8 Å². The van der Waals surface area contributed by atoms with Crippen LogP contribution in [0.5, 0.6) is 11.5 Å². The summed E-state index contributed by atoms with van der Waals surface area (Å²) in [6, 6.07) is 12.9. The quantitative estimate of drug-likeness (QED) is 0.324. The third-order valence-electron chi connectivity index (χ3n) is 5.40. The second-order valence-electron chi connectivity index (χ2n) is 8.13. The van der Waals surface area contributed by atoms with Crippen molar-refractivity contribution in [1.29, 1.82) is 0 Å². The largest absolute Gasteiger partial charge is 0.457 e. The lowest BCUT2D eigenvalue weighted by Crippen LogP contribution is -2.23. The molecule has 4 aromatic rings. The lowest BCUT2D eigenvalue weighted by atomic mass is 10.1. The zero-order chi connectivity index (χ0) is 24.8. The lowest BCUT2D eigenvalue weighted by Gasteiger charge is -2.18. The van der Waals surface area contributed by atoms with Crippen molar-refractivity contribution in [1.82, 2.24) is 24.6 Å². The number of hydrogen-bond donors (Lipinski definition) is 2. The van der Waals surface area contributed by atoms with Crippen molar-refractivity contribution in [2.45, 2.75) is 13.5 Å². The Bertz CT molecular complexity index is 1400. The fraction of sp³-hybridized carbons (Fsp3) is 0.148. The summed E-state index contributed by atoms with van der Waals surface area (Å²) in [6.07, 6.45) is 10.8. The van der Waals surface area contributed by atoms with Crippen LogP contribution < -0.4 is 15.4 Å². The highest BCUT2D eigenvalue weighted by Gasteiger charge is 2.14. The van der Waals surface area contributed by atoms with E-state index in [1.807, 2.05) is 73.1 Å². The normalized spacial score (nSPS) is 11.2. The average molecular weight is 473 g/mol. The predicted molar refractivity (Wildman–Crippen MR) is 142 cm³/mol. The minimum absolute atomic E-state index is 0. The zero-order valence-corrected chi connectivity index (χ0v) is 20.0. The molecule has 0 saturated heterocycles. The molecule has 3 aromatic heterocycles. The van der Waals surface area contributed by atoms with Crippen molar-refractivity contribution < 1.29 is 12.4 Å². The summed E-state index contributed by atoms with van der Waals surface area (Å²) >= 11 is 0. The van der Waals surface area contributed by atoms with E-state index in [4.69, 9.17) is 4.74 Å². The summed E-state index contributed by atoms with van der Waals surface area (Å²) in [5.74, 6) is 2.51. The molecule has 0 spiro atoms. The smallest absolute Gasteiger partial charge is 0.251 e. The van der Waals surface area contributed by atoms with Gasteiger partial charge in [0.1, 0.15) is 28.8 Å². The van der Waals surface area contributed by atoms with Crippen molar-refractivity contribution >= 4 is 17.4 Å². The molecule has 0 bridgehead atoms. The summed E-state index contributed by atoms with van der Waals surface area (Å²) < 4.78 is 8.05. The molecule has 1 aromatic carbocycles. The average Bonchev–Trinajstić information content (AvgIpc) is 3.32. The van der Waals surface area contributed by atoms with E-state index in [9.17, 15) is 4.79 Å². The first-order valence-electron chi connectivity index (χ1n) is 11.1. The molecule has 182 valence electrons. The number of aromatic nitrogens is 3. The molecule has 0 aliphatic rings. The van der Waals surface area contributed by atoms with Gasteiger partial charge in [0.2, 0.25) is 0 Å². The highest BCUT2D eigenvalue weighted by molar-refractivity contribution is 5.96. The first-order chi connectivity index (χ1) is 16.9. The van der Waals surface area contributed by atoms with Crippen LogP contribution in [-0.2, 0) is 6.54 Å². The summed E-state index contributed by atoms with van der Waals surface area (Å²) in [6.45, 7) is 6.03. The van der Waals surface area contributed by atoms with Gasteiger partial charge in [0.25, 0.3) is 5.91 Å². The molecule has 0 saturated carbocycles. The second kappa shape index (κ2) is 10.6. The Morgan fingerprint density at radius 2 is 2.06 bits per heavy atom. The fourth-order valence-electron chi connectivity index (χ4n) is 3.53. The first kappa shape index (κ1) is 23.6. The fourth-order valence-corrected chi connectivity index (χ4v) is 3.53. The van der Waals surface area contributed by atoms with Gasteiger partial charge in [-0.1, -0.05) is 24.8 Å². The highest BCUT2D eigenvalue weighted by Crippen LogP contribution is 2.28. The van der Waals surface area contributed by atoms with Crippen LogP contribution in [0.2, 0.25) is 0 Å². The number of imidazole rings is 1. The maximum absolute atomic E-state index is 12.9. The Hall–Kier alpha value is -4.59. The van der Waals surface area contributed by atoms with Crippen LogP contribution in [0.3, 0.4) is 0 Å². The Balaban J connectivity index is 0.00000241. The maximum Gasteiger partial charge on any atom is 0.251 e. The van der Waals surface area contributed by atoms with Gasteiger partial charge in [-0.2, -0.15) is 0 Å². The van der Waals surface area contributed by atoms with Crippen molar-refractivity contribution in [2.24, 2.45) is 0 Å². The van der Waals surface area contributed by atoms with Gasteiger partial charge >= 0.3 is 0 Å². The molecule has 8 nitrogen and oxygen atoms in total. The number of rotatable bonds is 9. The number of pyridine rings is 2. The number of nitrogens with one attached hydrogen (secondary N) is 2. The zero-order valence-electron chi connectivity index (χ0n) is 20.0. The van der Waals surface area contributed by atoms with Gasteiger partial charge in [-0.25, -0.2) is 9.97 Å². The summed E-state index contributed by atoms with van der Waals surface area (Å²) in [4.78, 5) is 23.5. The van der Waals surface area contributed by atoms with Gasteiger partial charge in [0, 0.05) is 65.5 Å². The van der Waals surface area contributed by atoms with E-state index >= 15 is 0 Å². The molecular formula is C27H32N6O2. The van der Waals surface area contributed by atoms with E-state index in [0.29, 0.717) is 29.4 Å². The number of benzene rings is 1. The van der Waals surface area contributed by atoms with Crippen LogP contribution in [0.25, 0.3) is 5.65 Å². The Kier molecular flexibility index (Phi) is 7.11. The summed E-state index contributed by atoms with van der Waals surface area (Å²) in [5.41, 5.74) is 3.16. The predicted octanol–water partition coefficient (Wildman–Crippen LogP) is 5.25. The molecule has 4 rings (SSSR count). The topological polar surface area (TPSA) is 83.8 Å². The van der Waals surface area contributed by atoms with Crippen molar-refractivity contribution in [3.05, 3.63) is 108 Å². The molecule has 0 unspecified atom stereocenters. The number of carbonyl (C=O) groups is 1. The van der Waals surface area contributed by atoms with Crippen LogP contribution in [0.4, 0.5) is 5.82 Å². The molecule has 0 fully saturated rings. The molecule has 0 aliphatic carbocycles. The van der Waals surface area contributed by atoms with Gasteiger partial charge in [0.15, 0.2) is 0 Å². The Labute approximate surface area is 207 Å². The van der Waals surface area contributed by atoms with Crippen LogP contribution in [-0.4, -0.2) is 39.3 Å². The van der Waals surface area contributed by atoms with Crippen molar-refractivity contribution in [3.8, 4) is 11.5 Å². The molecule has 35 heavy (non-hydrogen) atoms. The lowest BCUT2D eigenvalue weighted by molar-refractivity contribution is 0.0950. The number of carbonyl (C=O) groups excluding carboxylic acids is 1. The minimum atomic E-state index is -0.166. The van der Waals surface area contributed by atoms with Gasteiger partial charge in [-0.05, 0) is 42.8 Å². The Morgan fingerprint density at radius 3 is 2.86 bits per heavy atom. The van der Waals surface area contributed by atoms with Crippen LogP contribution in [0, 0.1) is 6.92 Å². The molecule has 8 heteroatoms. The molecule has 2 N–H and O–H groups in total. The van der Waals surface area contributed by atoms with Crippen molar-refractivity contribution in [3.63, 3.8) is 0 Å². The monoisotopic (exact) mass is 472 g/mol. The van der Waals surface area contributed by atoms with Crippen molar-refractivity contribution in [2.75, 3.05) is 19.4 Å². The molecule has 0 radical (unpaired) electrons. The summed E-state index contributed by atoms with van der Waals surface area (Å²) in [5, 5.41) is 6.24. The molecular weight excluding hydrogens is 440 g/mol. The third-order valence-corrected chi connectivity index (χ3v) is 5.40. The summed E-state index contributed by atoms with van der Waals surface area (Å²) in [7, 11) is 3.86. The van der Waals surface area contributed by atoms with Gasteiger partial charge in [-0.15, -0.1) is 0 Å². The molecule has 3 heterocycles. The first-order valence-corrected chi connectivity index (χ1v) is 11.1. The number of amides is 1. The number of anilines is 1. The van der Waals surface area contributed by atoms with E-state index < -0.39 is 0 Å². The molecule has 0 atom stereocenters. The molecule has 0 aliphatic heterocycles. The van der Waals surface area contributed by atoms with E-state index in [2.05, 4.69) is 27.2 Å². The van der Waals surface area contributed by atoms with Gasteiger partial charge in [0.05, 0.1) is 0 Å². The van der Waals surface area contributed by atoms with E-state index in [0.717, 1.165) is 22.6 Å². The number of ether oxygens (including phenoxy) is 1. The van der Waals surface area contributed by atoms with Gasteiger partial charge < -0.3 is 24.7 Å². The minimum Gasteiger partial charge on any atom is -0.457 e. The van der Waals surface area contributed by atoms with E-state index in [1.54, 1.807) is 36.7 Å². The second-order valence-corrected chi connectivity index (χ2v) is 8.13.